The topological polar surface area (TPSA) is 100.0 Å². The third-order valence-corrected chi connectivity index (χ3v) is 6.21. The maximum absolute atomic E-state index is 13.3. The maximum Gasteiger partial charge on any atom is 0.347 e. The predicted molar refractivity (Wildman–Crippen MR) is 136 cm³/mol. The van der Waals surface area contributed by atoms with E-state index in [0.717, 1.165) is 27.6 Å². The molecule has 1 unspecified atom stereocenters. The fourth-order valence-electron chi connectivity index (χ4n) is 4.26. The van der Waals surface area contributed by atoms with Crippen molar-refractivity contribution in [1.82, 2.24) is 4.98 Å². The zero-order chi connectivity index (χ0) is 25.3. The third-order valence-electron chi connectivity index (χ3n) is 6.21. The van der Waals surface area contributed by atoms with E-state index in [9.17, 15) is 19.8 Å². The summed E-state index contributed by atoms with van der Waals surface area (Å²) < 4.78 is 5.77. The van der Waals surface area contributed by atoms with Crippen molar-refractivity contribution in [2.45, 2.75) is 45.8 Å². The molecule has 35 heavy (non-hydrogen) atoms. The number of pyridine rings is 1. The number of ketones is 1. The highest BCUT2D eigenvalue weighted by Gasteiger charge is 2.30. The van der Waals surface area contributed by atoms with Crippen LogP contribution < -0.4 is 9.64 Å². The van der Waals surface area contributed by atoms with E-state index in [2.05, 4.69) is 0 Å². The van der Waals surface area contributed by atoms with Crippen LogP contribution in [0.1, 0.15) is 47.3 Å². The first-order valence-corrected chi connectivity index (χ1v) is 11.6. The van der Waals surface area contributed by atoms with Crippen molar-refractivity contribution in [2.75, 3.05) is 18.0 Å². The normalized spacial score (nSPS) is 16.3. The number of aliphatic hydroxyl groups is 1. The highest BCUT2D eigenvalue weighted by molar-refractivity contribution is 6.11. The average molecular weight is 475 g/mol. The van der Waals surface area contributed by atoms with E-state index in [1.165, 1.54) is 19.9 Å². The maximum atomic E-state index is 13.3. The van der Waals surface area contributed by atoms with Crippen LogP contribution in [0.2, 0.25) is 0 Å². The van der Waals surface area contributed by atoms with Crippen molar-refractivity contribution in [3.63, 3.8) is 0 Å². The number of allylic oxidation sites excluding steroid dienone is 1. The Morgan fingerprint density at radius 1 is 1.14 bits per heavy atom. The quantitative estimate of drug-likeness (QED) is 0.382. The lowest BCUT2D eigenvalue weighted by atomic mass is 10.0. The molecule has 2 N–H and O–H groups in total. The first-order valence-electron chi connectivity index (χ1n) is 11.6. The van der Waals surface area contributed by atoms with Gasteiger partial charge in [-0.15, -0.1) is 0 Å². The second-order valence-corrected chi connectivity index (χ2v) is 9.54. The minimum Gasteiger partial charge on any atom is -0.478 e. The third kappa shape index (κ3) is 5.20. The number of benzene rings is 2. The molecule has 7 heteroatoms. The van der Waals surface area contributed by atoms with E-state index in [1.54, 1.807) is 6.08 Å². The molecule has 3 aromatic rings. The Labute approximate surface area is 204 Å². The van der Waals surface area contributed by atoms with Gasteiger partial charge < -0.3 is 19.8 Å². The number of para-hydroxylation sites is 1. The number of rotatable bonds is 7. The summed E-state index contributed by atoms with van der Waals surface area (Å²) >= 11 is 0. The fraction of sp³-hybridized carbons (Fsp3) is 0.321. The van der Waals surface area contributed by atoms with Gasteiger partial charge in [-0.05, 0) is 81.1 Å². The molecule has 4 rings (SSSR count). The number of carboxylic acid groups (broad SMARTS) is 1. The number of aromatic nitrogens is 1. The van der Waals surface area contributed by atoms with E-state index in [-0.39, 0.29) is 5.78 Å². The van der Waals surface area contributed by atoms with Crippen LogP contribution in [0, 0.1) is 13.8 Å². The first kappa shape index (κ1) is 24.4. The number of aliphatic carboxylic acids is 1. The van der Waals surface area contributed by atoms with Crippen molar-refractivity contribution in [1.29, 1.82) is 0 Å². The molecule has 0 radical (unpaired) electrons. The SMILES string of the molecule is Cc1cc(/C=C/C(=O)c2cc3ccccc3nc2N2CCC(O)C2)cc(C)c1OC(C)(C)C(=O)O. The Balaban J connectivity index is 1.64. The van der Waals surface area contributed by atoms with Crippen LogP contribution >= 0.6 is 0 Å². The second-order valence-electron chi connectivity index (χ2n) is 9.54. The lowest BCUT2D eigenvalue weighted by Crippen LogP contribution is -2.38. The summed E-state index contributed by atoms with van der Waals surface area (Å²) in [7, 11) is 0. The van der Waals surface area contributed by atoms with Crippen molar-refractivity contribution >= 4 is 34.5 Å². The van der Waals surface area contributed by atoms with Gasteiger partial charge in [-0.3, -0.25) is 4.79 Å². The van der Waals surface area contributed by atoms with Gasteiger partial charge in [0, 0.05) is 18.5 Å². The summed E-state index contributed by atoms with van der Waals surface area (Å²) in [6, 6.07) is 13.2. The summed E-state index contributed by atoms with van der Waals surface area (Å²) in [4.78, 5) is 31.5. The number of carboxylic acids is 1. The lowest BCUT2D eigenvalue weighted by Gasteiger charge is -2.24. The summed E-state index contributed by atoms with van der Waals surface area (Å²) in [5.74, 6) is -0.116. The molecule has 2 aromatic carbocycles. The van der Waals surface area contributed by atoms with Gasteiger partial charge in [-0.25, -0.2) is 9.78 Å². The molecular formula is C28H30N2O5. The molecule has 1 saturated heterocycles. The van der Waals surface area contributed by atoms with Crippen LogP contribution in [0.4, 0.5) is 5.82 Å². The minimum atomic E-state index is -1.36. The number of fused-ring (bicyclic) bond motifs is 1. The van der Waals surface area contributed by atoms with E-state index in [1.807, 2.05) is 61.2 Å². The molecule has 182 valence electrons. The number of ether oxygens (including phenoxy) is 1. The smallest absolute Gasteiger partial charge is 0.347 e. The largest absolute Gasteiger partial charge is 0.478 e. The standard InChI is InChI=1S/C28H30N2O5/c1-17-13-19(14-18(2)25(17)35-28(3,4)27(33)34)9-10-24(32)22-15-20-7-5-6-8-23(20)29-26(22)30-12-11-21(31)16-30/h5-10,13-15,21,31H,11-12,16H2,1-4H3,(H,33,34)/b10-9+. The van der Waals surface area contributed by atoms with Gasteiger partial charge in [0.1, 0.15) is 11.6 Å². The molecule has 1 aromatic heterocycles. The number of carbonyl (C=O) groups excluding carboxylic acids is 1. The highest BCUT2D eigenvalue weighted by Crippen LogP contribution is 2.30. The van der Waals surface area contributed by atoms with Gasteiger partial charge in [0.05, 0.1) is 17.2 Å². The lowest BCUT2D eigenvalue weighted by molar-refractivity contribution is -0.152. The molecular weight excluding hydrogens is 444 g/mol. The van der Waals surface area contributed by atoms with Crippen LogP contribution in [-0.2, 0) is 4.79 Å². The van der Waals surface area contributed by atoms with Gasteiger partial charge in [-0.1, -0.05) is 24.3 Å². The van der Waals surface area contributed by atoms with Crippen LogP contribution in [0.15, 0.2) is 48.5 Å². The number of β-amino-alcohol motifs (C(OH)–C–C–N with tert-alkyl or cyclic N) is 1. The predicted octanol–water partition coefficient (Wildman–Crippen LogP) is 4.56. The van der Waals surface area contributed by atoms with Crippen LogP contribution in [0.5, 0.6) is 5.75 Å². The molecule has 1 aliphatic rings. The minimum absolute atomic E-state index is 0.178. The van der Waals surface area contributed by atoms with Gasteiger partial charge in [0.15, 0.2) is 11.4 Å². The number of hydrogen-bond acceptors (Lipinski definition) is 6. The number of aryl methyl sites for hydroxylation is 2. The monoisotopic (exact) mass is 474 g/mol. The molecule has 0 bridgehead atoms. The number of aliphatic hydroxyl groups excluding tert-OH is 1. The Morgan fingerprint density at radius 2 is 1.83 bits per heavy atom. The zero-order valence-electron chi connectivity index (χ0n) is 20.4. The number of hydrogen-bond donors (Lipinski definition) is 2. The first-order chi connectivity index (χ1) is 16.5. The molecule has 2 heterocycles. The van der Waals surface area contributed by atoms with E-state index in [0.29, 0.717) is 36.6 Å². The molecule has 0 amide bonds. The average Bonchev–Trinajstić information content (AvgIpc) is 3.25. The molecule has 0 spiro atoms. The molecule has 7 nitrogen and oxygen atoms in total. The number of anilines is 1. The van der Waals surface area contributed by atoms with Gasteiger partial charge in [-0.2, -0.15) is 0 Å². The van der Waals surface area contributed by atoms with Crippen molar-refractivity contribution in [3.8, 4) is 5.75 Å². The van der Waals surface area contributed by atoms with Gasteiger partial charge in [0.25, 0.3) is 0 Å². The number of carbonyl (C=O) groups is 2. The zero-order valence-corrected chi connectivity index (χ0v) is 20.4. The highest BCUT2D eigenvalue weighted by atomic mass is 16.5. The van der Waals surface area contributed by atoms with Crippen LogP contribution in [-0.4, -0.2) is 51.7 Å². The second kappa shape index (κ2) is 9.50. The molecule has 1 atom stereocenters. The van der Waals surface area contributed by atoms with Gasteiger partial charge in [0.2, 0.25) is 0 Å². The van der Waals surface area contributed by atoms with E-state index in [4.69, 9.17) is 9.72 Å². The van der Waals surface area contributed by atoms with Crippen LogP contribution in [0.3, 0.4) is 0 Å². The van der Waals surface area contributed by atoms with Gasteiger partial charge >= 0.3 is 5.97 Å². The van der Waals surface area contributed by atoms with E-state index < -0.39 is 17.7 Å². The Hall–Kier alpha value is -3.71. The Kier molecular flexibility index (Phi) is 6.63. The molecule has 0 saturated carbocycles. The summed E-state index contributed by atoms with van der Waals surface area (Å²) in [5, 5.41) is 20.3. The molecule has 1 aliphatic heterocycles. The fourth-order valence-corrected chi connectivity index (χ4v) is 4.26. The van der Waals surface area contributed by atoms with Crippen LogP contribution in [0.25, 0.3) is 17.0 Å². The summed E-state index contributed by atoms with van der Waals surface area (Å²) in [6.45, 7) is 7.81. The van der Waals surface area contributed by atoms with E-state index >= 15 is 0 Å². The van der Waals surface area contributed by atoms with Crippen molar-refractivity contribution in [2.24, 2.45) is 0 Å². The molecule has 1 fully saturated rings. The molecule has 0 aliphatic carbocycles. The Morgan fingerprint density at radius 3 is 2.46 bits per heavy atom. The summed E-state index contributed by atoms with van der Waals surface area (Å²) in [5.41, 5.74) is 2.31. The van der Waals surface area contributed by atoms with Crippen molar-refractivity contribution in [3.05, 3.63) is 70.8 Å². The summed E-state index contributed by atoms with van der Waals surface area (Å²) in [6.07, 6.45) is 3.48. The Bertz CT molecular complexity index is 1310. The van der Waals surface area contributed by atoms with Crippen molar-refractivity contribution < 1.29 is 24.5 Å². The number of nitrogens with zero attached hydrogens (tertiary/aromatic N) is 2.